The van der Waals surface area contributed by atoms with Gasteiger partial charge in [-0.3, -0.25) is 9.78 Å². The molecule has 114 valence electrons. The molecule has 1 N–H and O–H groups in total. The Morgan fingerprint density at radius 3 is 2.87 bits per heavy atom. The number of amides is 1. The molecule has 0 spiro atoms. The highest BCUT2D eigenvalue weighted by molar-refractivity contribution is 5.81. The first-order valence-electron chi connectivity index (χ1n) is 6.86. The number of rotatable bonds is 5. The second kappa shape index (κ2) is 7.03. The molecule has 0 aliphatic heterocycles. The molecule has 0 saturated heterocycles. The van der Waals surface area contributed by atoms with Crippen molar-refractivity contribution in [1.29, 1.82) is 0 Å². The van der Waals surface area contributed by atoms with E-state index < -0.39 is 0 Å². The molecule has 23 heavy (non-hydrogen) atoms. The molecule has 0 bridgehead atoms. The Morgan fingerprint density at radius 1 is 1.22 bits per heavy atom. The molecule has 8 nitrogen and oxygen atoms in total. The highest BCUT2D eigenvalue weighted by Crippen LogP contribution is 2.11. The zero-order valence-electron chi connectivity index (χ0n) is 12.1. The lowest BCUT2D eigenvalue weighted by Gasteiger charge is -1.98. The molecule has 2 aromatic heterocycles. The van der Waals surface area contributed by atoms with E-state index in [9.17, 15) is 4.79 Å². The summed E-state index contributed by atoms with van der Waals surface area (Å²) >= 11 is 0. The van der Waals surface area contributed by atoms with Gasteiger partial charge in [-0.1, -0.05) is 36.4 Å². The monoisotopic (exact) mass is 307 g/mol. The van der Waals surface area contributed by atoms with Gasteiger partial charge in [0.1, 0.15) is 6.54 Å². The van der Waals surface area contributed by atoms with Crippen molar-refractivity contribution >= 4 is 12.1 Å². The highest BCUT2D eigenvalue weighted by atomic mass is 16.2. The van der Waals surface area contributed by atoms with Crippen LogP contribution in [-0.4, -0.2) is 37.3 Å². The van der Waals surface area contributed by atoms with Crippen LogP contribution in [0.2, 0.25) is 0 Å². The number of carbonyl (C=O) groups is 1. The van der Waals surface area contributed by atoms with Crippen LogP contribution < -0.4 is 5.43 Å². The number of nitrogens with one attached hydrogen (secondary N) is 1. The minimum Gasteiger partial charge on any atom is -0.271 e. The van der Waals surface area contributed by atoms with Crippen molar-refractivity contribution in [2.75, 3.05) is 0 Å². The van der Waals surface area contributed by atoms with Gasteiger partial charge in [0, 0.05) is 23.5 Å². The number of benzene rings is 1. The fraction of sp³-hybridized carbons (Fsp3) is 0.0667. The molecule has 0 saturated carbocycles. The van der Waals surface area contributed by atoms with Gasteiger partial charge in [-0.25, -0.2) is 5.43 Å². The third-order valence-corrected chi connectivity index (χ3v) is 2.86. The summed E-state index contributed by atoms with van der Waals surface area (Å²) in [6.45, 7) is -0.0653. The van der Waals surface area contributed by atoms with Crippen LogP contribution in [0.1, 0.15) is 5.56 Å². The average molecular weight is 307 g/mol. The normalized spacial score (nSPS) is 10.8. The Bertz CT molecular complexity index is 799. The maximum Gasteiger partial charge on any atom is 0.263 e. The molecule has 3 aromatic rings. The molecule has 0 radical (unpaired) electrons. The second-order valence-electron chi connectivity index (χ2n) is 4.59. The topological polar surface area (TPSA) is 98.0 Å². The van der Waals surface area contributed by atoms with Crippen molar-refractivity contribution < 1.29 is 4.79 Å². The fourth-order valence-electron chi connectivity index (χ4n) is 1.81. The molecule has 3 rings (SSSR count). The van der Waals surface area contributed by atoms with Crippen LogP contribution in [0.5, 0.6) is 0 Å². The SMILES string of the molecule is O=C(Cn1nnc(-c2ccccc2)n1)N/N=C\c1cccnc1. The minimum absolute atomic E-state index is 0.0653. The lowest BCUT2D eigenvalue weighted by atomic mass is 10.2. The molecule has 0 aliphatic rings. The van der Waals surface area contributed by atoms with Crippen molar-refractivity contribution in [2.45, 2.75) is 6.54 Å². The van der Waals surface area contributed by atoms with E-state index in [1.54, 1.807) is 18.5 Å². The summed E-state index contributed by atoms with van der Waals surface area (Å²) in [6.07, 6.45) is 4.81. The number of nitrogens with zero attached hydrogens (tertiary/aromatic N) is 6. The zero-order valence-corrected chi connectivity index (χ0v) is 12.1. The highest BCUT2D eigenvalue weighted by Gasteiger charge is 2.08. The van der Waals surface area contributed by atoms with Crippen LogP contribution in [0.25, 0.3) is 11.4 Å². The van der Waals surface area contributed by atoms with E-state index in [1.165, 1.54) is 11.0 Å². The van der Waals surface area contributed by atoms with Gasteiger partial charge in [0.2, 0.25) is 5.82 Å². The molecular formula is C15H13N7O. The average Bonchev–Trinajstić information content (AvgIpc) is 3.05. The molecule has 0 unspecified atom stereocenters. The number of hydrazone groups is 1. The minimum atomic E-state index is -0.345. The Labute approximate surface area is 131 Å². The predicted molar refractivity (Wildman–Crippen MR) is 83.2 cm³/mol. The molecule has 2 heterocycles. The van der Waals surface area contributed by atoms with Crippen LogP contribution >= 0.6 is 0 Å². The van der Waals surface area contributed by atoms with E-state index in [1.807, 2.05) is 36.4 Å². The Hall–Kier alpha value is -3.42. The number of aromatic nitrogens is 5. The summed E-state index contributed by atoms with van der Waals surface area (Å²) in [6, 6.07) is 13.0. The van der Waals surface area contributed by atoms with Gasteiger partial charge in [0.15, 0.2) is 0 Å². The summed E-state index contributed by atoms with van der Waals surface area (Å²) in [5.74, 6) is 0.124. The predicted octanol–water partition coefficient (Wildman–Crippen LogP) is 0.885. The first kappa shape index (κ1) is 14.5. The van der Waals surface area contributed by atoms with E-state index in [2.05, 4.69) is 30.9 Å². The second-order valence-corrected chi connectivity index (χ2v) is 4.59. The van der Waals surface area contributed by atoms with Gasteiger partial charge in [-0.2, -0.15) is 9.90 Å². The molecule has 1 amide bonds. The molecule has 8 heteroatoms. The Kier molecular flexibility index (Phi) is 4.44. The van der Waals surface area contributed by atoms with Crippen LogP contribution in [0.15, 0.2) is 60.0 Å². The Morgan fingerprint density at radius 2 is 2.09 bits per heavy atom. The van der Waals surface area contributed by atoms with Crippen molar-refractivity contribution in [3.05, 3.63) is 60.4 Å². The van der Waals surface area contributed by atoms with Gasteiger partial charge in [0.25, 0.3) is 5.91 Å². The first-order chi connectivity index (χ1) is 11.3. The maximum absolute atomic E-state index is 11.8. The van der Waals surface area contributed by atoms with E-state index in [4.69, 9.17) is 0 Å². The Balaban J connectivity index is 1.56. The van der Waals surface area contributed by atoms with Crippen LogP contribution in [-0.2, 0) is 11.3 Å². The molecule has 1 aromatic carbocycles. The van der Waals surface area contributed by atoms with Crippen LogP contribution in [0.4, 0.5) is 0 Å². The molecular weight excluding hydrogens is 294 g/mol. The lowest BCUT2D eigenvalue weighted by Crippen LogP contribution is -2.24. The van der Waals surface area contributed by atoms with Gasteiger partial charge in [-0.15, -0.1) is 10.2 Å². The number of carbonyl (C=O) groups excluding carboxylic acids is 1. The lowest BCUT2D eigenvalue weighted by molar-refractivity contribution is -0.122. The van der Waals surface area contributed by atoms with E-state index >= 15 is 0 Å². The third-order valence-electron chi connectivity index (χ3n) is 2.86. The molecule has 0 fully saturated rings. The fourth-order valence-corrected chi connectivity index (χ4v) is 1.81. The van der Waals surface area contributed by atoms with Crippen molar-refractivity contribution in [3.8, 4) is 11.4 Å². The zero-order chi connectivity index (χ0) is 15.9. The standard InChI is InChI=1S/C15H13N7O/c23-14(18-17-10-12-5-4-8-16-9-12)11-22-20-15(19-21-22)13-6-2-1-3-7-13/h1-10H,11H2,(H,18,23)/b17-10-. The van der Waals surface area contributed by atoms with E-state index in [0.29, 0.717) is 5.82 Å². The third kappa shape index (κ3) is 4.03. The summed E-state index contributed by atoms with van der Waals surface area (Å²) in [7, 11) is 0. The van der Waals surface area contributed by atoms with Crippen molar-refractivity contribution in [3.63, 3.8) is 0 Å². The van der Waals surface area contributed by atoms with Gasteiger partial charge in [-0.05, 0) is 11.3 Å². The summed E-state index contributed by atoms with van der Waals surface area (Å²) in [4.78, 5) is 16.9. The first-order valence-corrected chi connectivity index (χ1v) is 6.86. The van der Waals surface area contributed by atoms with E-state index in [0.717, 1.165) is 11.1 Å². The number of pyridine rings is 1. The summed E-state index contributed by atoms with van der Waals surface area (Å²) in [5, 5.41) is 15.8. The van der Waals surface area contributed by atoms with Crippen molar-refractivity contribution in [2.24, 2.45) is 5.10 Å². The summed E-state index contributed by atoms with van der Waals surface area (Å²) in [5.41, 5.74) is 4.03. The number of tetrazole rings is 1. The maximum atomic E-state index is 11.8. The van der Waals surface area contributed by atoms with Gasteiger partial charge in [0.05, 0.1) is 6.21 Å². The smallest absolute Gasteiger partial charge is 0.263 e. The van der Waals surface area contributed by atoms with Gasteiger partial charge < -0.3 is 0 Å². The van der Waals surface area contributed by atoms with Gasteiger partial charge >= 0.3 is 0 Å². The van der Waals surface area contributed by atoms with E-state index in [-0.39, 0.29) is 12.5 Å². The van der Waals surface area contributed by atoms with Crippen LogP contribution in [0, 0.1) is 0 Å². The summed E-state index contributed by atoms with van der Waals surface area (Å²) < 4.78 is 0. The largest absolute Gasteiger partial charge is 0.271 e. The number of hydrogen-bond acceptors (Lipinski definition) is 6. The molecule has 0 aliphatic carbocycles. The van der Waals surface area contributed by atoms with Crippen molar-refractivity contribution in [1.82, 2.24) is 30.6 Å². The molecule has 0 atom stereocenters. The quantitative estimate of drug-likeness (QED) is 0.557. The number of hydrogen-bond donors (Lipinski definition) is 1. The van der Waals surface area contributed by atoms with Crippen LogP contribution in [0.3, 0.4) is 0 Å².